The number of nitrogens with zero attached hydrogens (tertiary/aromatic N) is 1. The number of hydrogen-bond donors (Lipinski definition) is 2. The SMILES string of the molecule is N=C(N)c1ncccc1-c1[c]cccc1. The molecule has 0 saturated carbocycles. The Morgan fingerprint density at radius 2 is 2.13 bits per heavy atom. The van der Waals surface area contributed by atoms with Crippen LogP contribution < -0.4 is 5.73 Å². The van der Waals surface area contributed by atoms with Crippen molar-refractivity contribution in [2.24, 2.45) is 5.73 Å². The predicted molar refractivity (Wildman–Crippen MR) is 59.5 cm³/mol. The second-order valence-electron chi connectivity index (χ2n) is 3.09. The van der Waals surface area contributed by atoms with E-state index < -0.39 is 0 Å². The van der Waals surface area contributed by atoms with Gasteiger partial charge in [-0.25, -0.2) is 0 Å². The lowest BCUT2D eigenvalue weighted by molar-refractivity contribution is 1.26. The molecule has 0 aliphatic rings. The molecule has 0 bridgehead atoms. The molecule has 2 aromatic rings. The summed E-state index contributed by atoms with van der Waals surface area (Å²) < 4.78 is 0. The van der Waals surface area contributed by atoms with Gasteiger partial charge in [0.1, 0.15) is 11.5 Å². The second-order valence-corrected chi connectivity index (χ2v) is 3.09. The number of aromatic nitrogens is 1. The summed E-state index contributed by atoms with van der Waals surface area (Å²) in [5.74, 6) is -0.0251. The van der Waals surface area contributed by atoms with E-state index in [-0.39, 0.29) is 5.84 Å². The first-order valence-corrected chi connectivity index (χ1v) is 4.55. The summed E-state index contributed by atoms with van der Waals surface area (Å²) in [6.07, 6.45) is 1.63. The molecule has 15 heavy (non-hydrogen) atoms. The van der Waals surface area contributed by atoms with E-state index in [4.69, 9.17) is 11.1 Å². The number of amidine groups is 1. The molecule has 0 aliphatic heterocycles. The Labute approximate surface area is 88.1 Å². The Morgan fingerprint density at radius 3 is 2.80 bits per heavy atom. The van der Waals surface area contributed by atoms with Crippen molar-refractivity contribution in [3.8, 4) is 11.1 Å². The molecule has 2 rings (SSSR count). The number of nitrogens with two attached hydrogens (primary N) is 1. The molecule has 0 amide bonds. The Kier molecular flexibility index (Phi) is 2.46. The van der Waals surface area contributed by atoms with Gasteiger partial charge in [-0.3, -0.25) is 10.4 Å². The fourth-order valence-corrected chi connectivity index (χ4v) is 1.40. The number of pyridine rings is 1. The summed E-state index contributed by atoms with van der Waals surface area (Å²) in [6, 6.07) is 14.4. The highest BCUT2D eigenvalue weighted by molar-refractivity contribution is 5.99. The number of hydrogen-bond acceptors (Lipinski definition) is 2. The van der Waals surface area contributed by atoms with Crippen LogP contribution in [0.25, 0.3) is 11.1 Å². The summed E-state index contributed by atoms with van der Waals surface area (Å²) in [4.78, 5) is 4.09. The smallest absolute Gasteiger partial charge is 0.142 e. The summed E-state index contributed by atoms with van der Waals surface area (Å²) in [5.41, 5.74) is 7.70. The monoisotopic (exact) mass is 196 g/mol. The van der Waals surface area contributed by atoms with Gasteiger partial charge in [0.15, 0.2) is 0 Å². The van der Waals surface area contributed by atoms with E-state index in [0.717, 1.165) is 11.1 Å². The van der Waals surface area contributed by atoms with Crippen LogP contribution in [0, 0.1) is 11.5 Å². The van der Waals surface area contributed by atoms with E-state index >= 15 is 0 Å². The fourth-order valence-electron chi connectivity index (χ4n) is 1.40. The zero-order valence-electron chi connectivity index (χ0n) is 8.07. The van der Waals surface area contributed by atoms with Gasteiger partial charge < -0.3 is 5.73 Å². The molecule has 1 radical (unpaired) electrons. The third-order valence-electron chi connectivity index (χ3n) is 2.06. The summed E-state index contributed by atoms with van der Waals surface area (Å²) in [5, 5.41) is 7.43. The molecular formula is C12H10N3. The Balaban J connectivity index is 2.58. The highest BCUT2D eigenvalue weighted by Gasteiger charge is 2.07. The number of nitrogen functional groups attached to an aromatic ring is 1. The van der Waals surface area contributed by atoms with Crippen LogP contribution in [0.2, 0.25) is 0 Å². The molecule has 3 heteroatoms. The van der Waals surface area contributed by atoms with Crippen molar-refractivity contribution in [1.29, 1.82) is 5.41 Å². The van der Waals surface area contributed by atoms with Gasteiger partial charge in [0, 0.05) is 11.8 Å². The van der Waals surface area contributed by atoms with Crippen LogP contribution in [0.5, 0.6) is 0 Å². The summed E-state index contributed by atoms with van der Waals surface area (Å²) in [6.45, 7) is 0. The standard InChI is InChI=1S/C12H10N3/c13-12(14)11-10(7-4-8-15-11)9-5-2-1-3-6-9/h1-5,7-8H,(H3,13,14). The first kappa shape index (κ1) is 9.40. The maximum Gasteiger partial charge on any atom is 0.142 e. The molecule has 1 aromatic heterocycles. The van der Waals surface area contributed by atoms with Crippen LogP contribution in [0.1, 0.15) is 5.69 Å². The molecule has 73 valence electrons. The zero-order chi connectivity index (χ0) is 10.7. The van der Waals surface area contributed by atoms with Crippen LogP contribution in [0.3, 0.4) is 0 Å². The van der Waals surface area contributed by atoms with Crippen LogP contribution in [-0.4, -0.2) is 10.8 Å². The van der Waals surface area contributed by atoms with E-state index in [0.29, 0.717) is 5.69 Å². The van der Waals surface area contributed by atoms with Gasteiger partial charge in [-0.05, 0) is 17.7 Å². The number of benzene rings is 1. The number of rotatable bonds is 2. The van der Waals surface area contributed by atoms with Gasteiger partial charge in [-0.15, -0.1) is 0 Å². The van der Waals surface area contributed by atoms with E-state index in [1.807, 2.05) is 36.4 Å². The zero-order valence-corrected chi connectivity index (χ0v) is 8.07. The molecule has 0 fully saturated rings. The summed E-state index contributed by atoms with van der Waals surface area (Å²) in [7, 11) is 0. The predicted octanol–water partition coefficient (Wildman–Crippen LogP) is 1.83. The van der Waals surface area contributed by atoms with Crippen LogP contribution in [0.4, 0.5) is 0 Å². The van der Waals surface area contributed by atoms with Crippen molar-refractivity contribution in [1.82, 2.24) is 4.98 Å². The minimum atomic E-state index is -0.0251. The Morgan fingerprint density at radius 1 is 1.27 bits per heavy atom. The van der Waals surface area contributed by atoms with Crippen LogP contribution in [-0.2, 0) is 0 Å². The largest absolute Gasteiger partial charge is 0.382 e. The maximum atomic E-state index is 7.43. The highest BCUT2D eigenvalue weighted by atomic mass is 14.8. The highest BCUT2D eigenvalue weighted by Crippen LogP contribution is 2.20. The van der Waals surface area contributed by atoms with E-state index in [9.17, 15) is 0 Å². The molecule has 0 spiro atoms. The van der Waals surface area contributed by atoms with Gasteiger partial charge in [0.2, 0.25) is 0 Å². The topological polar surface area (TPSA) is 62.8 Å². The average Bonchev–Trinajstić information content (AvgIpc) is 2.30. The first-order chi connectivity index (χ1) is 7.29. The second kappa shape index (κ2) is 3.92. The molecule has 1 aromatic carbocycles. The van der Waals surface area contributed by atoms with Crippen molar-refractivity contribution >= 4 is 5.84 Å². The molecule has 0 unspecified atom stereocenters. The third-order valence-corrected chi connectivity index (χ3v) is 2.06. The van der Waals surface area contributed by atoms with Gasteiger partial charge in [0.05, 0.1) is 0 Å². The van der Waals surface area contributed by atoms with Crippen LogP contribution >= 0.6 is 0 Å². The van der Waals surface area contributed by atoms with Crippen molar-refractivity contribution in [2.75, 3.05) is 0 Å². The minimum Gasteiger partial charge on any atom is -0.382 e. The van der Waals surface area contributed by atoms with Gasteiger partial charge in [0.25, 0.3) is 0 Å². The molecule has 0 aliphatic carbocycles. The quantitative estimate of drug-likeness (QED) is 0.568. The first-order valence-electron chi connectivity index (χ1n) is 4.55. The summed E-state index contributed by atoms with van der Waals surface area (Å²) >= 11 is 0. The Hall–Kier alpha value is -2.16. The molecular weight excluding hydrogens is 186 g/mol. The van der Waals surface area contributed by atoms with Gasteiger partial charge in [-0.2, -0.15) is 0 Å². The average molecular weight is 196 g/mol. The minimum absolute atomic E-state index is 0.0251. The molecule has 0 atom stereocenters. The van der Waals surface area contributed by atoms with E-state index in [1.165, 1.54) is 0 Å². The lowest BCUT2D eigenvalue weighted by Crippen LogP contribution is -2.14. The van der Waals surface area contributed by atoms with Crippen molar-refractivity contribution in [3.05, 3.63) is 54.4 Å². The molecule has 3 nitrogen and oxygen atoms in total. The van der Waals surface area contributed by atoms with Crippen LogP contribution in [0.15, 0.2) is 42.6 Å². The van der Waals surface area contributed by atoms with Gasteiger partial charge in [-0.1, -0.05) is 30.3 Å². The molecule has 0 saturated heterocycles. The molecule has 3 N–H and O–H groups in total. The van der Waals surface area contributed by atoms with Crippen molar-refractivity contribution in [3.63, 3.8) is 0 Å². The normalized spacial score (nSPS) is 9.87. The van der Waals surface area contributed by atoms with Crippen molar-refractivity contribution in [2.45, 2.75) is 0 Å². The lowest BCUT2D eigenvalue weighted by Gasteiger charge is -2.05. The lowest BCUT2D eigenvalue weighted by atomic mass is 10.0. The third kappa shape index (κ3) is 1.86. The Bertz CT molecular complexity index is 477. The van der Waals surface area contributed by atoms with Crippen molar-refractivity contribution < 1.29 is 0 Å². The number of nitrogens with one attached hydrogen (secondary N) is 1. The maximum absolute atomic E-state index is 7.43. The van der Waals surface area contributed by atoms with E-state index in [1.54, 1.807) is 6.20 Å². The molecule has 1 heterocycles. The fraction of sp³-hybridized carbons (Fsp3) is 0. The van der Waals surface area contributed by atoms with E-state index in [2.05, 4.69) is 11.1 Å². The van der Waals surface area contributed by atoms with Gasteiger partial charge >= 0.3 is 0 Å².